The van der Waals surface area contributed by atoms with Crippen LogP contribution < -0.4 is 15.2 Å². The van der Waals surface area contributed by atoms with Gasteiger partial charge >= 0.3 is 0 Å². The highest BCUT2D eigenvalue weighted by atomic mass is 35.5. The third kappa shape index (κ3) is 3.29. The van der Waals surface area contributed by atoms with Gasteiger partial charge in [0.1, 0.15) is 0 Å². The van der Waals surface area contributed by atoms with E-state index in [1.54, 1.807) is 13.2 Å². The van der Waals surface area contributed by atoms with Gasteiger partial charge in [0.15, 0.2) is 11.5 Å². The summed E-state index contributed by atoms with van der Waals surface area (Å²) in [4.78, 5) is 0. The van der Waals surface area contributed by atoms with Crippen LogP contribution in [0.25, 0.3) is 0 Å². The summed E-state index contributed by atoms with van der Waals surface area (Å²) in [6.07, 6.45) is 2.10. The molecule has 0 heterocycles. The molecule has 0 aromatic heterocycles. The van der Waals surface area contributed by atoms with E-state index < -0.39 is 0 Å². The lowest BCUT2D eigenvalue weighted by Gasteiger charge is -2.14. The van der Waals surface area contributed by atoms with Crippen molar-refractivity contribution in [3.63, 3.8) is 0 Å². The van der Waals surface area contributed by atoms with Crippen LogP contribution in [0, 0.1) is 0 Å². The second kappa shape index (κ2) is 6.61. The molecule has 1 aromatic rings. The van der Waals surface area contributed by atoms with Crippen molar-refractivity contribution in [2.24, 2.45) is 5.73 Å². The van der Waals surface area contributed by atoms with Gasteiger partial charge in [0.25, 0.3) is 0 Å². The molecule has 0 atom stereocenters. The van der Waals surface area contributed by atoms with E-state index in [-0.39, 0.29) is 0 Å². The van der Waals surface area contributed by atoms with Crippen LogP contribution in [0.4, 0.5) is 0 Å². The van der Waals surface area contributed by atoms with Crippen molar-refractivity contribution in [2.75, 3.05) is 13.7 Å². The van der Waals surface area contributed by atoms with E-state index >= 15 is 0 Å². The summed E-state index contributed by atoms with van der Waals surface area (Å²) in [7, 11) is 1.60. The number of methoxy groups -OCH3 is 1. The zero-order valence-corrected chi connectivity index (χ0v) is 10.5. The maximum Gasteiger partial charge on any atom is 0.165 e. The molecule has 4 heteroatoms. The molecule has 0 spiro atoms. The Bertz CT molecular complexity index is 317. The Labute approximate surface area is 101 Å². The molecule has 16 heavy (non-hydrogen) atoms. The fraction of sp³-hybridized carbons (Fsp3) is 0.500. The fourth-order valence-corrected chi connectivity index (χ4v) is 1.64. The number of benzene rings is 1. The van der Waals surface area contributed by atoms with Crippen molar-refractivity contribution < 1.29 is 9.47 Å². The molecule has 0 amide bonds. The normalized spacial score (nSPS) is 10.2. The number of rotatable bonds is 6. The summed E-state index contributed by atoms with van der Waals surface area (Å²) in [6.45, 7) is 3.17. The van der Waals surface area contributed by atoms with Gasteiger partial charge in [-0.15, -0.1) is 0 Å². The Morgan fingerprint density at radius 1 is 1.38 bits per heavy atom. The number of unbranched alkanes of at least 4 members (excludes halogenated alkanes) is 1. The minimum atomic E-state index is 0.387. The van der Waals surface area contributed by atoms with Crippen LogP contribution in [0.5, 0.6) is 11.5 Å². The number of hydrogen-bond donors (Lipinski definition) is 1. The average Bonchev–Trinajstić information content (AvgIpc) is 2.30. The number of ether oxygens (including phenoxy) is 2. The number of hydrogen-bond acceptors (Lipinski definition) is 3. The van der Waals surface area contributed by atoms with Gasteiger partial charge in [-0.25, -0.2) is 0 Å². The molecule has 0 aliphatic heterocycles. The van der Waals surface area contributed by atoms with Gasteiger partial charge in [-0.2, -0.15) is 0 Å². The monoisotopic (exact) mass is 243 g/mol. The van der Waals surface area contributed by atoms with Gasteiger partial charge < -0.3 is 15.2 Å². The summed E-state index contributed by atoms with van der Waals surface area (Å²) in [5.74, 6) is 1.35. The first-order valence-electron chi connectivity index (χ1n) is 5.42. The SMILES string of the molecule is CCCCOc1c(CN)cc(Cl)cc1OC. The first kappa shape index (κ1) is 13.1. The lowest BCUT2D eigenvalue weighted by atomic mass is 10.2. The van der Waals surface area contributed by atoms with Crippen LogP contribution in [0.1, 0.15) is 25.3 Å². The van der Waals surface area contributed by atoms with Crippen molar-refractivity contribution >= 4 is 11.6 Å². The molecule has 0 fully saturated rings. The molecule has 2 N–H and O–H groups in total. The Kier molecular flexibility index (Phi) is 5.43. The predicted octanol–water partition coefficient (Wildman–Crippen LogP) is 2.99. The van der Waals surface area contributed by atoms with E-state index in [0.29, 0.717) is 29.7 Å². The van der Waals surface area contributed by atoms with Gasteiger partial charge in [0, 0.05) is 23.2 Å². The Morgan fingerprint density at radius 2 is 2.12 bits per heavy atom. The van der Waals surface area contributed by atoms with Crippen molar-refractivity contribution in [1.29, 1.82) is 0 Å². The molecule has 90 valence electrons. The average molecular weight is 244 g/mol. The van der Waals surface area contributed by atoms with Crippen molar-refractivity contribution in [3.8, 4) is 11.5 Å². The van der Waals surface area contributed by atoms with Gasteiger partial charge in [-0.1, -0.05) is 24.9 Å². The molecule has 0 aliphatic carbocycles. The smallest absolute Gasteiger partial charge is 0.165 e. The summed E-state index contributed by atoms with van der Waals surface area (Å²) < 4.78 is 10.9. The van der Waals surface area contributed by atoms with E-state index in [0.717, 1.165) is 18.4 Å². The van der Waals surface area contributed by atoms with Crippen LogP contribution in [0.3, 0.4) is 0 Å². The maximum atomic E-state index is 5.95. The molecule has 3 nitrogen and oxygen atoms in total. The van der Waals surface area contributed by atoms with Crippen LogP contribution in [0.2, 0.25) is 5.02 Å². The molecule has 0 radical (unpaired) electrons. The standard InChI is InChI=1S/C12H18ClNO2/c1-3-4-5-16-12-9(8-14)6-10(13)7-11(12)15-2/h6-7H,3-5,8,14H2,1-2H3. The molecule has 0 saturated heterocycles. The Hall–Kier alpha value is -0.930. The first-order valence-corrected chi connectivity index (χ1v) is 5.80. The second-order valence-electron chi connectivity index (χ2n) is 3.50. The topological polar surface area (TPSA) is 44.5 Å². The fourth-order valence-electron chi connectivity index (χ4n) is 1.41. The second-order valence-corrected chi connectivity index (χ2v) is 3.94. The van der Waals surface area contributed by atoms with Crippen LogP contribution >= 0.6 is 11.6 Å². The highest BCUT2D eigenvalue weighted by Gasteiger charge is 2.11. The minimum Gasteiger partial charge on any atom is -0.493 e. The van der Waals surface area contributed by atoms with Crippen molar-refractivity contribution in [3.05, 3.63) is 22.7 Å². The lowest BCUT2D eigenvalue weighted by Crippen LogP contribution is -2.05. The summed E-state index contributed by atoms with van der Waals surface area (Å²) in [5.41, 5.74) is 6.53. The molecular formula is C12H18ClNO2. The third-order valence-electron chi connectivity index (χ3n) is 2.28. The van der Waals surface area contributed by atoms with Crippen molar-refractivity contribution in [1.82, 2.24) is 0 Å². The van der Waals surface area contributed by atoms with E-state index in [9.17, 15) is 0 Å². The van der Waals surface area contributed by atoms with Gasteiger partial charge in [0.05, 0.1) is 13.7 Å². The maximum absolute atomic E-state index is 5.95. The molecule has 1 aromatic carbocycles. The van der Waals surface area contributed by atoms with E-state index in [1.807, 2.05) is 6.07 Å². The van der Waals surface area contributed by atoms with E-state index in [4.69, 9.17) is 26.8 Å². The van der Waals surface area contributed by atoms with Gasteiger partial charge in [-0.3, -0.25) is 0 Å². The highest BCUT2D eigenvalue weighted by molar-refractivity contribution is 6.30. The molecule has 1 rings (SSSR count). The van der Waals surface area contributed by atoms with Gasteiger partial charge in [-0.05, 0) is 12.5 Å². The lowest BCUT2D eigenvalue weighted by molar-refractivity contribution is 0.285. The van der Waals surface area contributed by atoms with E-state index in [2.05, 4.69) is 6.92 Å². The minimum absolute atomic E-state index is 0.387. The highest BCUT2D eigenvalue weighted by Crippen LogP contribution is 2.34. The summed E-state index contributed by atoms with van der Waals surface area (Å²) in [5, 5.41) is 0.611. The summed E-state index contributed by atoms with van der Waals surface area (Å²) >= 11 is 5.95. The number of halogens is 1. The first-order chi connectivity index (χ1) is 7.72. The molecule has 0 unspecified atom stereocenters. The molecule has 0 saturated carbocycles. The van der Waals surface area contributed by atoms with Crippen LogP contribution in [0.15, 0.2) is 12.1 Å². The van der Waals surface area contributed by atoms with Gasteiger partial charge in [0.2, 0.25) is 0 Å². The third-order valence-corrected chi connectivity index (χ3v) is 2.50. The van der Waals surface area contributed by atoms with Crippen LogP contribution in [-0.2, 0) is 6.54 Å². The van der Waals surface area contributed by atoms with E-state index in [1.165, 1.54) is 0 Å². The zero-order valence-electron chi connectivity index (χ0n) is 9.75. The quantitative estimate of drug-likeness (QED) is 0.782. The Morgan fingerprint density at radius 3 is 2.69 bits per heavy atom. The predicted molar refractivity (Wildman–Crippen MR) is 66.3 cm³/mol. The van der Waals surface area contributed by atoms with Crippen LogP contribution in [-0.4, -0.2) is 13.7 Å². The zero-order chi connectivity index (χ0) is 12.0. The Balaban J connectivity index is 2.93. The molecule has 0 aliphatic rings. The molecular weight excluding hydrogens is 226 g/mol. The largest absolute Gasteiger partial charge is 0.493 e. The summed E-state index contributed by atoms with van der Waals surface area (Å²) in [6, 6.07) is 3.55. The number of nitrogens with two attached hydrogens (primary N) is 1. The van der Waals surface area contributed by atoms with Crippen molar-refractivity contribution in [2.45, 2.75) is 26.3 Å². The molecule has 0 bridgehead atoms.